The molecule has 5 N–H and O–H groups in total. The second-order valence-electron chi connectivity index (χ2n) is 10.6. The molecule has 0 heterocycles. The van der Waals surface area contributed by atoms with Gasteiger partial charge >= 0.3 is 24.1 Å². The number of rotatable bonds is 4. The number of carbonyl (C=O) groups excluding carboxylic acids is 4. The summed E-state index contributed by atoms with van der Waals surface area (Å²) in [6, 6.07) is -1.03. The molecule has 0 aromatic heterocycles. The molecule has 0 aromatic carbocycles. The number of esters is 2. The SMILES string of the molecule is CO.COC(=O)C1=C[C@@H](O)[C@H](NC(=O)OC(C)(C)C)C1.COC(=O)[C@H]1C[C@@H](O)[C@H](NC(=O)OC(C)(C)C)C1. The second-order valence-corrected chi connectivity index (χ2v) is 10.6. The molecule has 0 radical (unpaired) electrons. The first kappa shape index (κ1) is 35.1. The number of hydrogen-bond donors (Lipinski definition) is 5. The van der Waals surface area contributed by atoms with Crippen LogP contribution in [0.25, 0.3) is 0 Å². The fourth-order valence-corrected chi connectivity index (χ4v) is 3.61. The van der Waals surface area contributed by atoms with E-state index in [0.29, 0.717) is 18.4 Å². The lowest BCUT2D eigenvalue weighted by atomic mass is 10.1. The molecule has 0 saturated heterocycles. The molecule has 13 nitrogen and oxygen atoms in total. The molecule has 2 amide bonds. The van der Waals surface area contributed by atoms with Gasteiger partial charge in [-0.1, -0.05) is 0 Å². The maximum atomic E-state index is 11.5. The van der Waals surface area contributed by atoms with Crippen LogP contribution in [-0.2, 0) is 28.5 Å². The zero-order chi connectivity index (χ0) is 29.8. The molecule has 0 unspecified atom stereocenters. The summed E-state index contributed by atoms with van der Waals surface area (Å²) in [4.78, 5) is 45.7. The third-order valence-corrected chi connectivity index (χ3v) is 5.14. The lowest BCUT2D eigenvalue weighted by Gasteiger charge is -2.23. The number of amides is 2. The van der Waals surface area contributed by atoms with Gasteiger partial charge in [-0.05, 0) is 60.5 Å². The molecule has 13 heteroatoms. The van der Waals surface area contributed by atoms with Crippen molar-refractivity contribution in [2.24, 2.45) is 5.92 Å². The minimum Gasteiger partial charge on any atom is -0.469 e. The zero-order valence-electron chi connectivity index (χ0n) is 23.7. The Balaban J connectivity index is 0.000000676. The fraction of sp³-hybridized carbons (Fsp3) is 0.760. The van der Waals surface area contributed by atoms with Crippen molar-refractivity contribution >= 4 is 24.1 Å². The Labute approximate surface area is 223 Å². The minimum absolute atomic E-state index is 0.229. The van der Waals surface area contributed by atoms with Crippen molar-refractivity contribution < 1.29 is 53.4 Å². The van der Waals surface area contributed by atoms with Crippen LogP contribution in [0.15, 0.2) is 11.6 Å². The van der Waals surface area contributed by atoms with E-state index in [1.807, 2.05) is 0 Å². The van der Waals surface area contributed by atoms with Crippen LogP contribution in [0, 0.1) is 5.92 Å². The molecule has 220 valence electrons. The zero-order valence-corrected chi connectivity index (χ0v) is 23.7. The second kappa shape index (κ2) is 15.5. The standard InChI is InChI=1S/C12H21NO5.C12H19NO5.CH4O/c2*1-12(2,3)18-11(16)13-8-5-7(6-9(8)14)10(15)17-4;1-2/h7-9,14H,5-6H2,1-4H3,(H,13,16);6,8-9,14H,5H2,1-4H3,(H,13,16);2H,1H3/t7-,8-,9-;8-,9-;/m11./s1. The number of alkyl carbamates (subject to hydrolysis) is 2. The van der Waals surface area contributed by atoms with Gasteiger partial charge in [-0.3, -0.25) is 4.79 Å². The normalized spacial score (nSPS) is 24.3. The largest absolute Gasteiger partial charge is 0.469 e. The van der Waals surface area contributed by atoms with Gasteiger partial charge in [0.05, 0.1) is 44.4 Å². The quantitative estimate of drug-likeness (QED) is 0.250. The van der Waals surface area contributed by atoms with Gasteiger partial charge in [0, 0.05) is 19.1 Å². The fourth-order valence-electron chi connectivity index (χ4n) is 3.61. The molecule has 2 aliphatic rings. The van der Waals surface area contributed by atoms with E-state index in [2.05, 4.69) is 20.1 Å². The Kier molecular flexibility index (Phi) is 14.3. The molecule has 5 atom stereocenters. The van der Waals surface area contributed by atoms with Gasteiger partial charge in [-0.25, -0.2) is 14.4 Å². The summed E-state index contributed by atoms with van der Waals surface area (Å²) in [6.07, 6.45) is -0.586. The highest BCUT2D eigenvalue weighted by Gasteiger charge is 2.39. The van der Waals surface area contributed by atoms with Gasteiger partial charge < -0.3 is 44.9 Å². The van der Waals surface area contributed by atoms with Gasteiger partial charge in [-0.15, -0.1) is 0 Å². The summed E-state index contributed by atoms with van der Waals surface area (Å²) in [5.74, 6) is -1.23. The third-order valence-electron chi connectivity index (χ3n) is 5.14. The summed E-state index contributed by atoms with van der Waals surface area (Å²) < 4.78 is 19.3. The maximum Gasteiger partial charge on any atom is 0.407 e. The Morgan fingerprint density at radius 3 is 1.71 bits per heavy atom. The van der Waals surface area contributed by atoms with Crippen LogP contribution < -0.4 is 10.6 Å². The number of aliphatic hydroxyl groups is 3. The summed E-state index contributed by atoms with van der Waals surface area (Å²) in [6.45, 7) is 10.5. The number of aliphatic hydroxyl groups excluding tert-OH is 3. The van der Waals surface area contributed by atoms with Crippen molar-refractivity contribution in [1.82, 2.24) is 10.6 Å². The van der Waals surface area contributed by atoms with E-state index < -0.39 is 53.6 Å². The van der Waals surface area contributed by atoms with Gasteiger partial charge in [-0.2, -0.15) is 0 Å². The summed E-state index contributed by atoms with van der Waals surface area (Å²) >= 11 is 0. The number of hydrogen-bond acceptors (Lipinski definition) is 11. The first-order valence-corrected chi connectivity index (χ1v) is 12.1. The van der Waals surface area contributed by atoms with E-state index in [1.165, 1.54) is 20.3 Å². The number of carbonyl (C=O) groups is 4. The van der Waals surface area contributed by atoms with Crippen LogP contribution in [0.3, 0.4) is 0 Å². The maximum absolute atomic E-state index is 11.5. The summed E-state index contributed by atoms with van der Waals surface area (Å²) in [7, 11) is 3.58. The number of methoxy groups -OCH3 is 2. The van der Waals surface area contributed by atoms with Crippen LogP contribution in [-0.4, -0.2) is 96.3 Å². The average Bonchev–Trinajstić information content (AvgIpc) is 3.34. The van der Waals surface area contributed by atoms with E-state index in [9.17, 15) is 29.4 Å². The first-order valence-electron chi connectivity index (χ1n) is 12.1. The topological polar surface area (TPSA) is 190 Å². The molecule has 2 rings (SSSR count). The third kappa shape index (κ3) is 13.1. The predicted molar refractivity (Wildman–Crippen MR) is 136 cm³/mol. The highest BCUT2D eigenvalue weighted by molar-refractivity contribution is 5.89. The molecular weight excluding hydrogens is 504 g/mol. The lowest BCUT2D eigenvalue weighted by Crippen LogP contribution is -2.43. The summed E-state index contributed by atoms with van der Waals surface area (Å²) in [5, 5.41) is 31.6. The number of nitrogens with one attached hydrogen (secondary N) is 2. The average molecular weight is 549 g/mol. The van der Waals surface area contributed by atoms with Crippen molar-refractivity contribution in [1.29, 1.82) is 0 Å². The highest BCUT2D eigenvalue weighted by atomic mass is 16.6. The van der Waals surface area contributed by atoms with E-state index in [4.69, 9.17) is 14.6 Å². The Morgan fingerprint density at radius 1 is 0.816 bits per heavy atom. The van der Waals surface area contributed by atoms with Crippen molar-refractivity contribution in [3.63, 3.8) is 0 Å². The highest BCUT2D eigenvalue weighted by Crippen LogP contribution is 2.27. The van der Waals surface area contributed by atoms with Crippen molar-refractivity contribution in [2.45, 2.75) is 96.3 Å². The van der Waals surface area contributed by atoms with E-state index in [1.54, 1.807) is 41.5 Å². The molecule has 2 aliphatic carbocycles. The molecule has 0 bridgehead atoms. The Hall–Kier alpha value is -2.90. The molecule has 1 saturated carbocycles. The van der Waals surface area contributed by atoms with Crippen LogP contribution in [0.1, 0.15) is 60.8 Å². The smallest absolute Gasteiger partial charge is 0.407 e. The monoisotopic (exact) mass is 548 g/mol. The molecule has 0 aliphatic heterocycles. The van der Waals surface area contributed by atoms with E-state index >= 15 is 0 Å². The van der Waals surface area contributed by atoms with Crippen LogP contribution in [0.4, 0.5) is 9.59 Å². The Morgan fingerprint density at radius 2 is 1.29 bits per heavy atom. The summed E-state index contributed by atoms with van der Waals surface area (Å²) in [5.41, 5.74) is -0.840. The van der Waals surface area contributed by atoms with Gasteiger partial charge in [0.2, 0.25) is 0 Å². The molecule has 1 fully saturated rings. The first-order chi connectivity index (χ1) is 17.5. The van der Waals surface area contributed by atoms with Crippen molar-refractivity contribution in [3.8, 4) is 0 Å². The van der Waals surface area contributed by atoms with Gasteiger partial charge in [0.25, 0.3) is 0 Å². The molecule has 0 spiro atoms. The predicted octanol–water partition coefficient (Wildman–Crippen LogP) is 1.18. The van der Waals surface area contributed by atoms with Crippen LogP contribution in [0.2, 0.25) is 0 Å². The van der Waals surface area contributed by atoms with Crippen molar-refractivity contribution in [2.75, 3.05) is 21.3 Å². The minimum atomic E-state index is -0.911. The van der Waals surface area contributed by atoms with Crippen molar-refractivity contribution in [3.05, 3.63) is 11.6 Å². The molecular formula is C25H44N2O11. The van der Waals surface area contributed by atoms with Gasteiger partial charge in [0.1, 0.15) is 11.2 Å². The molecule has 0 aromatic rings. The van der Waals surface area contributed by atoms with Crippen LogP contribution >= 0.6 is 0 Å². The van der Waals surface area contributed by atoms with E-state index in [-0.39, 0.29) is 18.3 Å². The van der Waals surface area contributed by atoms with E-state index in [0.717, 1.165) is 7.11 Å². The molecule has 38 heavy (non-hydrogen) atoms. The van der Waals surface area contributed by atoms with Gasteiger partial charge in [0.15, 0.2) is 0 Å². The Bertz CT molecular complexity index is 802. The number of ether oxygens (including phenoxy) is 4. The van der Waals surface area contributed by atoms with Crippen LogP contribution in [0.5, 0.6) is 0 Å². The lowest BCUT2D eigenvalue weighted by molar-refractivity contribution is -0.145.